The second kappa shape index (κ2) is 9.22. The van der Waals surface area contributed by atoms with Crippen LogP contribution in [0.5, 0.6) is 0 Å². The summed E-state index contributed by atoms with van der Waals surface area (Å²) < 4.78 is 0. The minimum absolute atomic E-state index is 0.0811. The van der Waals surface area contributed by atoms with Crippen LogP contribution in [0.1, 0.15) is 51.7 Å². The lowest BCUT2D eigenvalue weighted by Crippen LogP contribution is -2.44. The van der Waals surface area contributed by atoms with Crippen LogP contribution in [0, 0.1) is 19.4 Å². The maximum Gasteiger partial charge on any atom is 0.259 e. The van der Waals surface area contributed by atoms with Crippen LogP contribution in [0.2, 0.25) is 0 Å². The van der Waals surface area contributed by atoms with Gasteiger partial charge in [-0.3, -0.25) is 14.5 Å². The number of hydrogen-bond donors (Lipinski definition) is 0. The normalized spacial score (nSPS) is 15.4. The van der Waals surface area contributed by atoms with E-state index in [1.165, 1.54) is 0 Å². The Morgan fingerprint density at radius 3 is 2.31 bits per heavy atom. The van der Waals surface area contributed by atoms with Gasteiger partial charge in [0.1, 0.15) is 11.3 Å². The number of Topliss-reactive ketones (excluding diaryl/α,β-unsaturated/α-hetero) is 1. The third kappa shape index (κ3) is 4.44. The van der Waals surface area contributed by atoms with Crippen molar-refractivity contribution in [1.29, 1.82) is 0 Å². The van der Waals surface area contributed by atoms with Crippen LogP contribution in [0.3, 0.4) is 0 Å². The SMILES string of the molecule is [C-]#[N+]c1ccc(N2C(=O)C(C)(C)N(c3ccc(CCCC(=O)C(C)C)cc3)C2=S)cc1C. The van der Waals surface area contributed by atoms with Crippen molar-refractivity contribution in [3.63, 3.8) is 0 Å². The second-order valence-electron chi connectivity index (χ2n) is 9.04. The molecule has 5 nitrogen and oxygen atoms in total. The third-order valence-electron chi connectivity index (χ3n) is 5.95. The van der Waals surface area contributed by atoms with Gasteiger partial charge in [0.2, 0.25) is 0 Å². The van der Waals surface area contributed by atoms with Crippen LogP contribution >= 0.6 is 12.2 Å². The summed E-state index contributed by atoms with van der Waals surface area (Å²) in [6.45, 7) is 16.7. The first-order chi connectivity index (χ1) is 15.1. The molecule has 0 atom stereocenters. The first kappa shape index (κ1) is 23.6. The average Bonchev–Trinajstić information content (AvgIpc) is 2.92. The molecule has 2 aromatic carbocycles. The minimum Gasteiger partial charge on any atom is -0.304 e. The zero-order valence-corrected chi connectivity index (χ0v) is 20.1. The summed E-state index contributed by atoms with van der Waals surface area (Å²) in [4.78, 5) is 32.1. The van der Waals surface area contributed by atoms with E-state index < -0.39 is 5.54 Å². The number of amides is 1. The first-order valence-corrected chi connectivity index (χ1v) is 11.3. The van der Waals surface area contributed by atoms with E-state index in [0.717, 1.165) is 29.7 Å². The van der Waals surface area contributed by atoms with Gasteiger partial charge in [-0.05, 0) is 81.2 Å². The number of rotatable bonds is 7. The third-order valence-corrected chi connectivity index (χ3v) is 6.32. The van der Waals surface area contributed by atoms with Crippen molar-refractivity contribution < 1.29 is 9.59 Å². The molecule has 0 aliphatic carbocycles. The van der Waals surface area contributed by atoms with Crippen LogP contribution in [-0.4, -0.2) is 22.3 Å². The first-order valence-electron chi connectivity index (χ1n) is 10.9. The number of benzene rings is 2. The van der Waals surface area contributed by atoms with Crippen molar-refractivity contribution >= 4 is 46.1 Å². The molecule has 166 valence electrons. The molecule has 32 heavy (non-hydrogen) atoms. The smallest absolute Gasteiger partial charge is 0.259 e. The van der Waals surface area contributed by atoms with Crippen molar-refractivity contribution in [2.24, 2.45) is 5.92 Å². The fraction of sp³-hybridized carbons (Fsp3) is 0.385. The Kier molecular flexibility index (Phi) is 6.80. The maximum atomic E-state index is 13.3. The highest BCUT2D eigenvalue weighted by atomic mass is 32.1. The van der Waals surface area contributed by atoms with E-state index in [1.54, 1.807) is 17.0 Å². The number of thiocarbonyl (C=S) groups is 1. The molecule has 1 aliphatic heterocycles. The quantitative estimate of drug-likeness (QED) is 0.385. The molecule has 0 N–H and O–H groups in total. The molecule has 1 amide bonds. The number of anilines is 2. The lowest BCUT2D eigenvalue weighted by Gasteiger charge is -2.29. The standard InChI is InChI=1S/C26H29N3O2S/c1-17(2)23(30)9-7-8-19-10-12-20(13-11-19)29-25(32)28(24(31)26(29,4)5)21-14-15-22(27-6)18(3)16-21/h10-17H,7-9H2,1-5H3. The number of ketones is 1. The number of carbonyl (C=O) groups is 2. The molecule has 0 spiro atoms. The van der Waals surface area contributed by atoms with Crippen LogP contribution in [0.15, 0.2) is 42.5 Å². The van der Waals surface area contributed by atoms with E-state index in [-0.39, 0.29) is 11.8 Å². The second-order valence-corrected chi connectivity index (χ2v) is 9.41. The summed E-state index contributed by atoms with van der Waals surface area (Å²) >= 11 is 5.75. The Bertz CT molecular complexity index is 1100. The lowest BCUT2D eigenvalue weighted by molar-refractivity contribution is -0.122. The maximum absolute atomic E-state index is 13.3. The Morgan fingerprint density at radius 2 is 1.75 bits per heavy atom. The van der Waals surface area contributed by atoms with Crippen LogP contribution in [-0.2, 0) is 16.0 Å². The molecule has 2 aromatic rings. The van der Waals surface area contributed by atoms with Gasteiger partial charge in [0.25, 0.3) is 5.91 Å². The van der Waals surface area contributed by atoms with Gasteiger partial charge in [-0.1, -0.05) is 32.0 Å². The summed E-state index contributed by atoms with van der Waals surface area (Å²) in [6, 6.07) is 13.4. The monoisotopic (exact) mass is 447 g/mol. The molecule has 0 saturated carbocycles. The predicted octanol–water partition coefficient (Wildman–Crippen LogP) is 6.01. The summed E-state index contributed by atoms with van der Waals surface area (Å²) in [5.41, 5.74) is 3.22. The van der Waals surface area contributed by atoms with E-state index in [2.05, 4.69) is 4.85 Å². The number of aryl methyl sites for hydroxylation is 2. The van der Waals surface area contributed by atoms with Crippen LogP contribution in [0.25, 0.3) is 4.85 Å². The number of nitrogens with zero attached hydrogens (tertiary/aromatic N) is 3. The Morgan fingerprint density at radius 1 is 1.12 bits per heavy atom. The lowest BCUT2D eigenvalue weighted by atomic mass is 10.00. The van der Waals surface area contributed by atoms with Crippen molar-refractivity contribution in [3.8, 4) is 0 Å². The molecule has 1 saturated heterocycles. The van der Waals surface area contributed by atoms with Crippen LogP contribution < -0.4 is 9.80 Å². The van der Waals surface area contributed by atoms with Gasteiger partial charge in [0.15, 0.2) is 10.8 Å². The van der Waals surface area contributed by atoms with E-state index in [1.807, 2.05) is 69.9 Å². The van der Waals surface area contributed by atoms with Crippen LogP contribution in [0.4, 0.5) is 17.1 Å². The van der Waals surface area contributed by atoms with Crippen molar-refractivity contribution in [2.75, 3.05) is 9.80 Å². The molecule has 1 heterocycles. The molecule has 3 rings (SSSR count). The highest BCUT2D eigenvalue weighted by Crippen LogP contribution is 2.37. The average molecular weight is 448 g/mol. The summed E-state index contributed by atoms with van der Waals surface area (Å²) in [7, 11) is 0. The van der Waals surface area contributed by atoms with E-state index in [4.69, 9.17) is 18.8 Å². The van der Waals surface area contributed by atoms with Gasteiger partial charge in [-0.2, -0.15) is 0 Å². The fourth-order valence-electron chi connectivity index (χ4n) is 3.93. The van der Waals surface area contributed by atoms with Crippen molar-refractivity contribution in [3.05, 3.63) is 65.0 Å². The van der Waals surface area contributed by atoms with Gasteiger partial charge >= 0.3 is 0 Å². The van der Waals surface area contributed by atoms with Gasteiger partial charge in [0, 0.05) is 23.7 Å². The molecule has 0 unspecified atom stereocenters. The van der Waals surface area contributed by atoms with E-state index in [0.29, 0.717) is 28.7 Å². The van der Waals surface area contributed by atoms with E-state index >= 15 is 0 Å². The van der Waals surface area contributed by atoms with Gasteiger partial charge in [-0.15, -0.1) is 0 Å². The largest absolute Gasteiger partial charge is 0.304 e. The Balaban J connectivity index is 1.81. The van der Waals surface area contributed by atoms with Gasteiger partial charge < -0.3 is 4.90 Å². The van der Waals surface area contributed by atoms with Gasteiger partial charge in [-0.25, -0.2) is 4.85 Å². The molecule has 6 heteroatoms. The van der Waals surface area contributed by atoms with E-state index in [9.17, 15) is 9.59 Å². The highest BCUT2D eigenvalue weighted by Gasteiger charge is 2.50. The summed E-state index contributed by atoms with van der Waals surface area (Å²) in [5.74, 6) is 0.274. The Labute approximate surface area is 195 Å². The molecular weight excluding hydrogens is 418 g/mol. The zero-order valence-electron chi connectivity index (χ0n) is 19.3. The molecular formula is C26H29N3O2S. The summed E-state index contributed by atoms with van der Waals surface area (Å²) in [6.07, 6.45) is 2.26. The van der Waals surface area contributed by atoms with Crippen molar-refractivity contribution in [2.45, 2.75) is 59.4 Å². The predicted molar refractivity (Wildman–Crippen MR) is 133 cm³/mol. The number of carbonyl (C=O) groups excluding carboxylic acids is 2. The minimum atomic E-state index is -0.839. The zero-order chi connectivity index (χ0) is 23.6. The molecule has 1 fully saturated rings. The van der Waals surface area contributed by atoms with Crippen molar-refractivity contribution in [1.82, 2.24) is 0 Å². The molecule has 0 bridgehead atoms. The Hall–Kier alpha value is -3.04. The molecule has 0 radical (unpaired) electrons. The topological polar surface area (TPSA) is 45.0 Å². The van der Waals surface area contributed by atoms with Gasteiger partial charge in [0.05, 0.1) is 6.57 Å². The number of hydrogen-bond acceptors (Lipinski definition) is 3. The summed E-state index contributed by atoms with van der Waals surface area (Å²) in [5, 5.41) is 0.422. The molecule has 0 aromatic heterocycles. The fourth-order valence-corrected chi connectivity index (χ4v) is 4.45. The highest BCUT2D eigenvalue weighted by molar-refractivity contribution is 7.81. The molecule has 1 aliphatic rings.